The second-order valence-electron chi connectivity index (χ2n) is 6.90. The van der Waals surface area contributed by atoms with Gasteiger partial charge in [-0.15, -0.1) is 0 Å². The van der Waals surface area contributed by atoms with Crippen LogP contribution in [-0.2, 0) is 9.59 Å². The third kappa shape index (κ3) is 2.89. The van der Waals surface area contributed by atoms with Crippen LogP contribution in [0.15, 0.2) is 54.2 Å². The molecular weight excluding hydrogens is 340 g/mol. The van der Waals surface area contributed by atoms with Gasteiger partial charge < -0.3 is 9.64 Å². The molecule has 27 heavy (non-hydrogen) atoms. The molecule has 0 aliphatic carbocycles. The lowest BCUT2D eigenvalue weighted by atomic mass is 10.0. The van der Waals surface area contributed by atoms with Gasteiger partial charge in [-0.1, -0.05) is 35.9 Å². The Balaban J connectivity index is 1.86. The van der Waals surface area contributed by atoms with Crippen molar-refractivity contribution in [3.05, 3.63) is 65.4 Å². The maximum Gasteiger partial charge on any atom is 0.282 e. The Morgan fingerprint density at radius 2 is 1.56 bits per heavy atom. The number of aryl methyl sites for hydroxylation is 1. The summed E-state index contributed by atoms with van der Waals surface area (Å²) in [5, 5.41) is 0. The van der Waals surface area contributed by atoms with Gasteiger partial charge in [-0.2, -0.15) is 0 Å². The summed E-state index contributed by atoms with van der Waals surface area (Å²) >= 11 is 0. The van der Waals surface area contributed by atoms with Crippen molar-refractivity contribution >= 4 is 23.1 Å². The Bertz CT molecular complexity index is 925. The van der Waals surface area contributed by atoms with Gasteiger partial charge in [-0.3, -0.25) is 9.59 Å². The molecule has 0 N–H and O–H groups in total. The van der Waals surface area contributed by atoms with Crippen molar-refractivity contribution < 1.29 is 14.3 Å². The number of carbonyl (C=O) groups is 2. The molecule has 2 heterocycles. The Morgan fingerprint density at radius 3 is 2.22 bits per heavy atom. The lowest BCUT2D eigenvalue weighted by Crippen LogP contribution is -2.34. The highest BCUT2D eigenvalue weighted by Crippen LogP contribution is 2.39. The molecule has 2 aliphatic heterocycles. The van der Waals surface area contributed by atoms with Crippen molar-refractivity contribution in [2.45, 2.75) is 19.8 Å². The summed E-state index contributed by atoms with van der Waals surface area (Å²) in [5.41, 5.74) is 3.25. The molecule has 0 bridgehead atoms. The molecule has 2 amide bonds. The minimum atomic E-state index is -0.296. The molecular formula is C22H22N2O3. The predicted molar refractivity (Wildman–Crippen MR) is 104 cm³/mol. The molecule has 2 aromatic carbocycles. The molecule has 0 aromatic heterocycles. The lowest BCUT2D eigenvalue weighted by Gasteiger charge is -2.20. The lowest BCUT2D eigenvalue weighted by molar-refractivity contribution is -0.120. The SMILES string of the molecule is COc1ccccc1C1=C(N2CCCC2)C(=O)N(c2ccc(C)cc2)C1=O. The second-order valence-corrected chi connectivity index (χ2v) is 6.90. The molecule has 0 atom stereocenters. The van der Waals surface area contributed by atoms with Gasteiger partial charge in [0, 0.05) is 18.7 Å². The van der Waals surface area contributed by atoms with Crippen molar-refractivity contribution in [3.63, 3.8) is 0 Å². The highest BCUT2D eigenvalue weighted by molar-refractivity contribution is 6.45. The highest BCUT2D eigenvalue weighted by Gasteiger charge is 2.43. The molecule has 2 aliphatic rings. The highest BCUT2D eigenvalue weighted by atomic mass is 16.5. The summed E-state index contributed by atoms with van der Waals surface area (Å²) in [5.74, 6) is 0.0398. The topological polar surface area (TPSA) is 49.9 Å². The van der Waals surface area contributed by atoms with E-state index in [9.17, 15) is 9.59 Å². The van der Waals surface area contributed by atoms with Crippen molar-refractivity contribution in [2.75, 3.05) is 25.1 Å². The van der Waals surface area contributed by atoms with Crippen LogP contribution in [0.3, 0.4) is 0 Å². The second kappa shape index (κ2) is 6.91. The minimum Gasteiger partial charge on any atom is -0.496 e. The molecule has 0 unspecified atom stereocenters. The number of hydrogen-bond acceptors (Lipinski definition) is 4. The van der Waals surface area contributed by atoms with E-state index in [1.165, 1.54) is 4.90 Å². The zero-order valence-corrected chi connectivity index (χ0v) is 15.6. The van der Waals surface area contributed by atoms with Crippen LogP contribution < -0.4 is 9.64 Å². The summed E-state index contributed by atoms with van der Waals surface area (Å²) in [6.45, 7) is 3.55. The van der Waals surface area contributed by atoms with Crippen LogP contribution in [0.1, 0.15) is 24.0 Å². The smallest absolute Gasteiger partial charge is 0.282 e. The molecule has 0 spiro atoms. The molecule has 2 aromatic rings. The van der Waals surface area contributed by atoms with Crippen molar-refractivity contribution in [3.8, 4) is 5.75 Å². The number of ether oxygens (including phenoxy) is 1. The molecule has 5 nitrogen and oxygen atoms in total. The van der Waals surface area contributed by atoms with Crippen LogP contribution >= 0.6 is 0 Å². The fraction of sp³-hybridized carbons (Fsp3) is 0.273. The number of hydrogen-bond donors (Lipinski definition) is 0. The van der Waals surface area contributed by atoms with E-state index in [1.807, 2.05) is 60.4 Å². The summed E-state index contributed by atoms with van der Waals surface area (Å²) in [6.07, 6.45) is 2.05. The molecule has 0 radical (unpaired) electrons. The van der Waals surface area contributed by atoms with Crippen molar-refractivity contribution in [2.24, 2.45) is 0 Å². The van der Waals surface area contributed by atoms with E-state index in [4.69, 9.17) is 4.74 Å². The van der Waals surface area contributed by atoms with E-state index in [1.54, 1.807) is 7.11 Å². The number of amides is 2. The maximum atomic E-state index is 13.4. The monoisotopic (exact) mass is 362 g/mol. The van der Waals surface area contributed by atoms with Gasteiger partial charge in [0.05, 0.1) is 18.4 Å². The molecule has 4 rings (SSSR count). The third-order valence-electron chi connectivity index (χ3n) is 5.15. The van der Waals surface area contributed by atoms with Crippen LogP contribution in [0.25, 0.3) is 5.57 Å². The van der Waals surface area contributed by atoms with Gasteiger partial charge >= 0.3 is 0 Å². The third-order valence-corrected chi connectivity index (χ3v) is 5.15. The quantitative estimate of drug-likeness (QED) is 0.783. The normalized spacial score (nSPS) is 17.3. The molecule has 1 saturated heterocycles. The van der Waals surface area contributed by atoms with E-state index < -0.39 is 0 Å². The van der Waals surface area contributed by atoms with E-state index in [0.29, 0.717) is 28.3 Å². The van der Waals surface area contributed by atoms with Crippen LogP contribution in [0.4, 0.5) is 5.69 Å². The number of imide groups is 1. The van der Waals surface area contributed by atoms with Crippen LogP contribution in [0.5, 0.6) is 5.75 Å². The number of benzene rings is 2. The maximum absolute atomic E-state index is 13.4. The fourth-order valence-electron chi connectivity index (χ4n) is 3.77. The van der Waals surface area contributed by atoms with E-state index >= 15 is 0 Å². The van der Waals surface area contributed by atoms with E-state index in [-0.39, 0.29) is 11.8 Å². The summed E-state index contributed by atoms with van der Waals surface area (Å²) in [7, 11) is 1.58. The average Bonchev–Trinajstić information content (AvgIpc) is 3.29. The van der Waals surface area contributed by atoms with Crippen LogP contribution in [0.2, 0.25) is 0 Å². The van der Waals surface area contributed by atoms with E-state index in [2.05, 4.69) is 0 Å². The van der Waals surface area contributed by atoms with Crippen molar-refractivity contribution in [1.82, 2.24) is 4.90 Å². The number of para-hydroxylation sites is 1. The Kier molecular flexibility index (Phi) is 4.44. The zero-order valence-electron chi connectivity index (χ0n) is 15.6. The van der Waals surface area contributed by atoms with Gasteiger partial charge in [-0.05, 0) is 38.0 Å². The largest absolute Gasteiger partial charge is 0.496 e. The number of nitrogens with zero attached hydrogens (tertiary/aromatic N) is 2. The molecule has 5 heteroatoms. The van der Waals surface area contributed by atoms with Crippen LogP contribution in [-0.4, -0.2) is 36.9 Å². The Morgan fingerprint density at radius 1 is 0.889 bits per heavy atom. The first-order chi connectivity index (χ1) is 13.1. The van der Waals surface area contributed by atoms with Crippen LogP contribution in [0, 0.1) is 6.92 Å². The number of rotatable bonds is 4. The van der Waals surface area contributed by atoms with Gasteiger partial charge in [0.2, 0.25) is 0 Å². The zero-order chi connectivity index (χ0) is 19.0. The summed E-state index contributed by atoms with van der Waals surface area (Å²) in [4.78, 5) is 30.1. The number of methoxy groups -OCH3 is 1. The number of anilines is 1. The molecule has 0 saturated carbocycles. The average molecular weight is 362 g/mol. The first-order valence-corrected chi connectivity index (χ1v) is 9.20. The first kappa shape index (κ1) is 17.3. The Hall–Kier alpha value is -3.08. The van der Waals surface area contributed by atoms with Gasteiger partial charge in [0.1, 0.15) is 11.4 Å². The number of likely N-dealkylation sites (tertiary alicyclic amines) is 1. The predicted octanol–water partition coefficient (Wildman–Crippen LogP) is 3.38. The van der Waals surface area contributed by atoms with Gasteiger partial charge in [0.25, 0.3) is 11.8 Å². The standard InChI is InChI=1S/C22H22N2O3/c1-15-9-11-16(12-10-15)24-21(25)19(17-7-3-4-8-18(17)27-2)20(22(24)26)23-13-5-6-14-23/h3-4,7-12H,5-6,13-14H2,1-2H3. The van der Waals surface area contributed by atoms with E-state index in [0.717, 1.165) is 31.5 Å². The first-order valence-electron chi connectivity index (χ1n) is 9.20. The summed E-state index contributed by atoms with van der Waals surface area (Å²) < 4.78 is 5.47. The molecule has 138 valence electrons. The minimum absolute atomic E-state index is 0.258. The fourth-order valence-corrected chi connectivity index (χ4v) is 3.77. The van der Waals surface area contributed by atoms with Gasteiger partial charge in [-0.25, -0.2) is 4.90 Å². The molecule has 1 fully saturated rings. The van der Waals surface area contributed by atoms with Crippen molar-refractivity contribution in [1.29, 1.82) is 0 Å². The van der Waals surface area contributed by atoms with Gasteiger partial charge in [0.15, 0.2) is 0 Å². The number of carbonyl (C=O) groups excluding carboxylic acids is 2. The summed E-state index contributed by atoms with van der Waals surface area (Å²) in [6, 6.07) is 14.8. The Labute approximate surface area is 158 Å².